The van der Waals surface area contributed by atoms with Crippen LogP contribution in [0.1, 0.15) is 53.7 Å². The molecule has 8 atom stereocenters. The average Bonchev–Trinajstić information content (AvgIpc) is 3.63. The highest BCUT2D eigenvalue weighted by molar-refractivity contribution is 5.99. The Morgan fingerprint density at radius 3 is 2.46 bits per heavy atom. The van der Waals surface area contributed by atoms with Crippen LogP contribution in [0.3, 0.4) is 0 Å². The number of likely N-dealkylation sites (tertiary alicyclic amines) is 1. The first kappa shape index (κ1) is 38.6. The van der Waals surface area contributed by atoms with Gasteiger partial charge in [0.1, 0.15) is 17.5 Å². The normalized spacial score (nSPS) is 27.7. The van der Waals surface area contributed by atoms with Gasteiger partial charge < -0.3 is 39.4 Å². The van der Waals surface area contributed by atoms with E-state index in [0.29, 0.717) is 12.0 Å². The number of esters is 1. The minimum absolute atomic E-state index is 0.160. The maximum atomic E-state index is 12.9. The van der Waals surface area contributed by atoms with E-state index in [9.17, 15) is 29.7 Å². The van der Waals surface area contributed by atoms with Crippen LogP contribution in [0.4, 0.5) is 0 Å². The second kappa shape index (κ2) is 16.0. The van der Waals surface area contributed by atoms with Gasteiger partial charge in [-0.15, -0.1) is 0 Å². The highest BCUT2D eigenvalue weighted by atomic mass is 16.6. The number of oxazole rings is 1. The van der Waals surface area contributed by atoms with Crippen molar-refractivity contribution in [2.45, 2.75) is 89.9 Å². The third kappa shape index (κ3) is 7.41. The molecule has 4 N–H and O–H groups in total. The van der Waals surface area contributed by atoms with Crippen LogP contribution >= 0.6 is 0 Å². The number of allylic oxidation sites excluding steroid dienone is 7. The van der Waals surface area contributed by atoms with Gasteiger partial charge in [-0.05, 0) is 45.6 Å². The average molecular weight is 670 g/mol. The van der Waals surface area contributed by atoms with Gasteiger partial charge in [-0.3, -0.25) is 9.59 Å². The molecule has 0 aromatic carbocycles. The second-order valence-corrected chi connectivity index (χ2v) is 13.2. The molecule has 264 valence electrons. The Balaban J connectivity index is 1.50. The van der Waals surface area contributed by atoms with E-state index >= 15 is 0 Å². The summed E-state index contributed by atoms with van der Waals surface area (Å²) in [6.07, 6.45) is 16.0. The maximum absolute atomic E-state index is 12.9. The number of carbonyl (C=O) groups excluding carboxylic acids is 3. The van der Waals surface area contributed by atoms with Gasteiger partial charge >= 0.3 is 5.97 Å². The molecule has 2 amide bonds. The third-order valence-corrected chi connectivity index (χ3v) is 9.78. The van der Waals surface area contributed by atoms with Crippen LogP contribution in [-0.4, -0.2) is 99.2 Å². The fourth-order valence-corrected chi connectivity index (χ4v) is 6.61. The molecule has 0 aliphatic carbocycles. The van der Waals surface area contributed by atoms with Crippen LogP contribution in [0.5, 0.6) is 0 Å². The SMILES string of the molecule is CO[C@@H](C[C@@H](C)[C@@H](O)/C=C/C=C/CNC(=O)C(C)(C)[C@H](O)\C(C)=C/C=C\C=C\Cc1cnco1)[C@]1(O)[C@@H](C)C(=O)N(C)[C@]12C(=O)O[C@@H]2C. The van der Waals surface area contributed by atoms with Crippen molar-refractivity contribution in [3.63, 3.8) is 0 Å². The maximum Gasteiger partial charge on any atom is 0.339 e. The van der Waals surface area contributed by atoms with Gasteiger partial charge in [-0.25, -0.2) is 9.78 Å². The van der Waals surface area contributed by atoms with E-state index < -0.39 is 58.8 Å². The first-order valence-corrected chi connectivity index (χ1v) is 16.2. The van der Waals surface area contributed by atoms with E-state index in [0.717, 1.165) is 5.76 Å². The van der Waals surface area contributed by atoms with Crippen molar-refractivity contribution in [1.29, 1.82) is 0 Å². The Hall–Kier alpha value is -3.84. The topological polar surface area (TPSA) is 172 Å². The summed E-state index contributed by atoms with van der Waals surface area (Å²) >= 11 is 0. The fraction of sp³-hybridized carbons (Fsp3) is 0.556. The van der Waals surface area contributed by atoms with Crippen molar-refractivity contribution in [3.8, 4) is 0 Å². The molecule has 2 aliphatic heterocycles. The van der Waals surface area contributed by atoms with E-state index in [1.165, 1.54) is 25.5 Å². The molecule has 2 fully saturated rings. The number of aliphatic hydroxyl groups excluding tert-OH is 2. The Morgan fingerprint density at radius 1 is 1.17 bits per heavy atom. The van der Waals surface area contributed by atoms with Crippen LogP contribution in [0.25, 0.3) is 0 Å². The van der Waals surface area contributed by atoms with Crippen molar-refractivity contribution in [2.75, 3.05) is 20.7 Å². The summed E-state index contributed by atoms with van der Waals surface area (Å²) in [5, 5.41) is 36.5. The number of methoxy groups -OCH3 is 1. The number of rotatable bonds is 16. The van der Waals surface area contributed by atoms with Crippen molar-refractivity contribution in [2.24, 2.45) is 17.3 Å². The number of likely N-dealkylation sites (N-methyl/N-ethyl adjacent to an activating group) is 1. The lowest BCUT2D eigenvalue weighted by atomic mass is 9.65. The van der Waals surface area contributed by atoms with Crippen molar-refractivity contribution in [3.05, 3.63) is 78.6 Å². The minimum Gasteiger partial charge on any atom is -0.457 e. The Morgan fingerprint density at radius 2 is 1.85 bits per heavy atom. The first-order chi connectivity index (χ1) is 22.6. The lowest BCUT2D eigenvalue weighted by Gasteiger charge is -2.55. The van der Waals surface area contributed by atoms with Crippen molar-refractivity contribution >= 4 is 17.8 Å². The van der Waals surface area contributed by atoms with Crippen LogP contribution in [0, 0.1) is 17.3 Å². The van der Waals surface area contributed by atoms with Crippen LogP contribution in [-0.2, 0) is 30.3 Å². The summed E-state index contributed by atoms with van der Waals surface area (Å²) in [6, 6.07) is 0. The molecule has 0 radical (unpaired) electrons. The molecule has 0 saturated carbocycles. The van der Waals surface area contributed by atoms with E-state index in [4.69, 9.17) is 13.9 Å². The standard InChI is InChI=1S/C36H51N3O9/c1-23(16-12-9-10-13-17-27-21-37-22-47-27)30(41)34(5,6)32(43)38-19-15-11-14-18-28(40)24(2)20-29(46-8)36(45)25(3)31(42)39(7)35(36)26(4)48-33(35)44/h9-16,18,21-22,24-26,28-30,40-41,45H,17,19-20H2,1-8H3,(H,38,43)/b12-9-,13-10+,15-11+,18-14+,23-16-/t24-,25+,26-,28+,29+,30-,35-,36-/m1/s1. The number of aromatic nitrogens is 1. The number of aliphatic hydroxyl groups is 3. The van der Waals surface area contributed by atoms with Gasteiger partial charge in [0.05, 0.1) is 35.8 Å². The summed E-state index contributed by atoms with van der Waals surface area (Å²) in [4.78, 5) is 43.7. The summed E-state index contributed by atoms with van der Waals surface area (Å²) in [7, 11) is 2.89. The van der Waals surface area contributed by atoms with Gasteiger partial charge in [0, 0.05) is 27.1 Å². The Kier molecular flexibility index (Phi) is 12.9. The number of hydrogen-bond donors (Lipinski definition) is 4. The smallest absolute Gasteiger partial charge is 0.339 e. The molecular weight excluding hydrogens is 618 g/mol. The third-order valence-electron chi connectivity index (χ3n) is 9.78. The van der Waals surface area contributed by atoms with Gasteiger partial charge in [0.25, 0.3) is 0 Å². The fourth-order valence-electron chi connectivity index (χ4n) is 6.61. The summed E-state index contributed by atoms with van der Waals surface area (Å²) in [6.45, 7) is 10.3. The highest BCUT2D eigenvalue weighted by Crippen LogP contribution is 2.54. The molecule has 12 nitrogen and oxygen atoms in total. The monoisotopic (exact) mass is 669 g/mol. The number of hydrogen-bond acceptors (Lipinski definition) is 10. The number of carbonyl (C=O) groups is 3. The molecule has 0 bridgehead atoms. The van der Waals surface area contributed by atoms with Crippen LogP contribution < -0.4 is 5.32 Å². The Labute approximate surface area is 282 Å². The largest absolute Gasteiger partial charge is 0.457 e. The molecule has 0 unspecified atom stereocenters. The zero-order valence-corrected chi connectivity index (χ0v) is 29.1. The van der Waals surface area contributed by atoms with Crippen molar-refractivity contribution < 1.29 is 43.6 Å². The summed E-state index contributed by atoms with van der Waals surface area (Å²) in [5.74, 6) is -1.95. The zero-order valence-electron chi connectivity index (χ0n) is 29.1. The number of nitrogens with zero attached hydrogens (tertiary/aromatic N) is 2. The van der Waals surface area contributed by atoms with Crippen molar-refractivity contribution in [1.82, 2.24) is 15.2 Å². The van der Waals surface area contributed by atoms with E-state index in [1.807, 2.05) is 18.2 Å². The molecular formula is C36H51N3O9. The lowest BCUT2D eigenvalue weighted by Crippen LogP contribution is -2.80. The van der Waals surface area contributed by atoms with Crippen LogP contribution in [0.15, 0.2) is 77.3 Å². The minimum atomic E-state index is -1.86. The lowest BCUT2D eigenvalue weighted by molar-refractivity contribution is -0.255. The van der Waals surface area contributed by atoms with E-state index in [-0.39, 0.29) is 24.8 Å². The van der Waals surface area contributed by atoms with Gasteiger partial charge in [-0.1, -0.05) is 68.5 Å². The Bertz CT molecular complexity index is 1430. The predicted molar refractivity (Wildman–Crippen MR) is 179 cm³/mol. The molecule has 1 aromatic heterocycles. The van der Waals surface area contributed by atoms with Gasteiger partial charge in [0.2, 0.25) is 17.4 Å². The molecule has 3 rings (SSSR count). The number of ether oxygens (including phenoxy) is 2. The number of nitrogens with one attached hydrogen (secondary N) is 1. The second-order valence-electron chi connectivity index (χ2n) is 13.2. The van der Waals surface area contributed by atoms with E-state index in [1.54, 1.807) is 84.2 Å². The molecule has 1 spiro atoms. The summed E-state index contributed by atoms with van der Waals surface area (Å²) in [5.41, 5.74) is -3.87. The molecule has 3 heterocycles. The highest BCUT2D eigenvalue weighted by Gasteiger charge is 2.80. The molecule has 2 aliphatic rings. The van der Waals surface area contributed by atoms with E-state index in [2.05, 4.69) is 10.3 Å². The molecule has 12 heteroatoms. The quantitative estimate of drug-likeness (QED) is 0.152. The number of cyclic esters (lactones) is 1. The van der Waals surface area contributed by atoms with Gasteiger partial charge in [-0.2, -0.15) is 0 Å². The number of amides is 2. The van der Waals surface area contributed by atoms with Gasteiger partial charge in [0.15, 0.2) is 6.39 Å². The zero-order chi connectivity index (χ0) is 35.9. The first-order valence-electron chi connectivity index (χ1n) is 16.2. The molecule has 2 saturated heterocycles. The summed E-state index contributed by atoms with van der Waals surface area (Å²) < 4.78 is 16.0. The predicted octanol–water partition coefficient (Wildman–Crippen LogP) is 2.82. The molecule has 1 aromatic rings. The van der Waals surface area contributed by atoms with Crippen LogP contribution in [0.2, 0.25) is 0 Å². The molecule has 48 heavy (non-hydrogen) atoms.